The zero-order valence-corrected chi connectivity index (χ0v) is 24.5. The SMILES string of the molecule is C[C@H](CO)S(=O)(=O)Nc1ccc(C(=O)Nc2cc3c(c(N4CCC(F)(F)CC4)n2)OCC3)c(N2CCC3(CC2)CC3)c1. The standard InChI is InChI=1S/C29H37F2N5O5S/c1-19(18-37)42(39,40)34-21-2-3-22(23(17-21)35-11-7-28(5-6-28)8-12-35)27(38)33-24-16-20-4-15-41-25(20)26(32-24)36-13-9-29(30,31)10-14-36/h2-3,16-17,19,34,37H,4-15,18H2,1H3,(H,32,33,38)/t19-/m1/s1. The third-order valence-corrected chi connectivity index (χ3v) is 10.8. The Bertz CT molecular complexity index is 1460. The highest BCUT2D eigenvalue weighted by Gasteiger charge is 2.45. The molecule has 42 heavy (non-hydrogen) atoms. The van der Waals surface area contributed by atoms with Crippen molar-refractivity contribution in [3.8, 4) is 5.75 Å². The average Bonchev–Trinajstić information content (AvgIpc) is 3.53. The maximum atomic E-state index is 13.8. The van der Waals surface area contributed by atoms with Gasteiger partial charge in [0, 0.05) is 51.0 Å². The molecule has 13 heteroatoms. The van der Waals surface area contributed by atoms with Crippen molar-refractivity contribution in [2.24, 2.45) is 5.41 Å². The molecule has 10 nitrogen and oxygen atoms in total. The first-order valence-corrected chi connectivity index (χ1v) is 16.1. The van der Waals surface area contributed by atoms with Crippen LogP contribution in [0.1, 0.15) is 61.4 Å². The minimum absolute atomic E-state index is 0.139. The molecule has 0 unspecified atom stereocenters. The summed E-state index contributed by atoms with van der Waals surface area (Å²) >= 11 is 0. The second kappa shape index (κ2) is 10.8. The Morgan fingerprint density at radius 2 is 1.76 bits per heavy atom. The summed E-state index contributed by atoms with van der Waals surface area (Å²) in [5.41, 5.74) is 2.56. The fraction of sp³-hybridized carbons (Fsp3) is 0.586. The van der Waals surface area contributed by atoms with Crippen molar-refractivity contribution in [2.45, 2.75) is 63.0 Å². The van der Waals surface area contributed by atoms with Gasteiger partial charge in [0.1, 0.15) is 11.1 Å². The van der Waals surface area contributed by atoms with Crippen LogP contribution in [0.5, 0.6) is 5.75 Å². The highest BCUT2D eigenvalue weighted by atomic mass is 32.2. The van der Waals surface area contributed by atoms with Gasteiger partial charge in [-0.05, 0) is 62.3 Å². The highest BCUT2D eigenvalue weighted by Crippen LogP contribution is 2.54. The van der Waals surface area contributed by atoms with Crippen molar-refractivity contribution in [2.75, 3.05) is 59.2 Å². The smallest absolute Gasteiger partial charge is 0.258 e. The van der Waals surface area contributed by atoms with Gasteiger partial charge in [-0.2, -0.15) is 0 Å². The predicted octanol–water partition coefficient (Wildman–Crippen LogP) is 4.01. The average molecular weight is 606 g/mol. The lowest BCUT2D eigenvalue weighted by atomic mass is 9.93. The summed E-state index contributed by atoms with van der Waals surface area (Å²) in [5, 5.41) is 11.3. The van der Waals surface area contributed by atoms with Crippen molar-refractivity contribution in [3.05, 3.63) is 35.4 Å². The molecule has 2 aromatic rings. The molecule has 4 heterocycles. The molecule has 1 amide bonds. The summed E-state index contributed by atoms with van der Waals surface area (Å²) in [6, 6.07) is 6.57. The van der Waals surface area contributed by atoms with E-state index >= 15 is 0 Å². The molecule has 1 spiro atoms. The normalized spacial score (nSPS) is 21.4. The molecule has 3 aliphatic heterocycles. The fourth-order valence-electron chi connectivity index (χ4n) is 6.00. The zero-order chi connectivity index (χ0) is 29.7. The van der Waals surface area contributed by atoms with Crippen LogP contribution in [0.15, 0.2) is 24.3 Å². The number of amides is 1. The summed E-state index contributed by atoms with van der Waals surface area (Å²) in [6.45, 7) is 3.14. The van der Waals surface area contributed by atoms with Crippen LogP contribution in [0.3, 0.4) is 0 Å². The third-order valence-electron chi connectivity index (χ3n) is 9.10. The highest BCUT2D eigenvalue weighted by molar-refractivity contribution is 7.93. The number of nitrogens with one attached hydrogen (secondary N) is 2. The second-order valence-corrected chi connectivity index (χ2v) is 14.2. The van der Waals surface area contributed by atoms with Gasteiger partial charge in [0.2, 0.25) is 10.0 Å². The van der Waals surface area contributed by atoms with E-state index in [-0.39, 0.29) is 25.9 Å². The maximum absolute atomic E-state index is 13.8. The van der Waals surface area contributed by atoms with Crippen molar-refractivity contribution >= 4 is 38.9 Å². The number of ether oxygens (including phenoxy) is 1. The Kier molecular flexibility index (Phi) is 7.45. The minimum atomic E-state index is -3.82. The molecular weight excluding hydrogens is 568 g/mol. The van der Waals surface area contributed by atoms with E-state index in [2.05, 4.69) is 19.9 Å². The van der Waals surface area contributed by atoms with Crippen molar-refractivity contribution < 1.29 is 31.8 Å². The van der Waals surface area contributed by atoms with E-state index in [9.17, 15) is 27.1 Å². The largest absolute Gasteiger partial charge is 0.489 e. The first kappa shape index (κ1) is 28.9. The molecule has 0 radical (unpaired) electrons. The van der Waals surface area contributed by atoms with Gasteiger partial charge in [-0.3, -0.25) is 9.52 Å². The molecule has 4 aliphatic rings. The number of fused-ring (bicyclic) bond motifs is 1. The number of anilines is 4. The molecule has 1 aliphatic carbocycles. The summed E-state index contributed by atoms with van der Waals surface area (Å²) in [4.78, 5) is 22.3. The van der Waals surface area contributed by atoms with Gasteiger partial charge in [0.05, 0.1) is 30.2 Å². The number of halogens is 2. The number of sulfonamides is 1. The number of carbonyl (C=O) groups is 1. The van der Waals surface area contributed by atoms with E-state index in [1.807, 2.05) is 0 Å². The number of aliphatic hydroxyl groups is 1. The van der Waals surface area contributed by atoms with Crippen LogP contribution < -0.4 is 24.6 Å². The number of rotatable bonds is 8. The van der Waals surface area contributed by atoms with E-state index in [0.29, 0.717) is 52.8 Å². The number of pyridine rings is 1. The molecule has 1 saturated carbocycles. The molecule has 1 aromatic heterocycles. The number of carbonyl (C=O) groups excluding carboxylic acids is 1. The number of aromatic nitrogens is 1. The van der Waals surface area contributed by atoms with Crippen LogP contribution in [0.4, 0.5) is 31.8 Å². The number of alkyl halides is 2. The summed E-state index contributed by atoms with van der Waals surface area (Å²) in [7, 11) is -3.82. The van der Waals surface area contributed by atoms with Crippen molar-refractivity contribution in [1.29, 1.82) is 0 Å². The number of aliphatic hydroxyl groups excluding tert-OH is 1. The van der Waals surface area contributed by atoms with E-state index in [1.165, 1.54) is 25.8 Å². The van der Waals surface area contributed by atoms with E-state index in [0.717, 1.165) is 31.5 Å². The van der Waals surface area contributed by atoms with Gasteiger partial charge in [0.15, 0.2) is 11.6 Å². The number of piperidine rings is 2. The van der Waals surface area contributed by atoms with Crippen LogP contribution >= 0.6 is 0 Å². The Hall–Kier alpha value is -3.19. The topological polar surface area (TPSA) is 124 Å². The lowest BCUT2D eigenvalue weighted by molar-refractivity contribution is -0.0222. The quantitative estimate of drug-likeness (QED) is 0.413. The molecule has 2 saturated heterocycles. The molecule has 1 aromatic carbocycles. The lowest BCUT2D eigenvalue weighted by Gasteiger charge is -2.35. The van der Waals surface area contributed by atoms with Crippen LogP contribution in [-0.2, 0) is 16.4 Å². The Morgan fingerprint density at radius 1 is 1.07 bits per heavy atom. The number of benzene rings is 1. The van der Waals surface area contributed by atoms with Gasteiger partial charge >= 0.3 is 0 Å². The van der Waals surface area contributed by atoms with E-state index in [1.54, 1.807) is 23.1 Å². The molecule has 1 atom stereocenters. The first-order chi connectivity index (χ1) is 20.0. The molecule has 0 bridgehead atoms. The van der Waals surface area contributed by atoms with Crippen molar-refractivity contribution in [3.63, 3.8) is 0 Å². The Balaban J connectivity index is 1.28. The maximum Gasteiger partial charge on any atom is 0.258 e. The minimum Gasteiger partial charge on any atom is -0.489 e. The summed E-state index contributed by atoms with van der Waals surface area (Å²) in [5.74, 6) is -1.76. The Morgan fingerprint density at radius 3 is 2.43 bits per heavy atom. The third kappa shape index (κ3) is 5.85. The molecule has 6 rings (SSSR count). The molecular formula is C29H37F2N5O5S. The van der Waals surface area contributed by atoms with Gasteiger partial charge in [0.25, 0.3) is 11.8 Å². The van der Waals surface area contributed by atoms with Crippen LogP contribution in [-0.4, -0.2) is 75.0 Å². The number of hydrogen-bond acceptors (Lipinski definition) is 8. The van der Waals surface area contributed by atoms with Crippen LogP contribution in [0.25, 0.3) is 0 Å². The Labute approximate surface area is 244 Å². The molecule has 228 valence electrons. The van der Waals surface area contributed by atoms with Gasteiger partial charge < -0.3 is 25.0 Å². The molecule has 3 fully saturated rings. The second-order valence-electron chi connectivity index (χ2n) is 12.1. The van der Waals surface area contributed by atoms with Crippen LogP contribution in [0.2, 0.25) is 0 Å². The molecule has 3 N–H and O–H groups in total. The summed E-state index contributed by atoms with van der Waals surface area (Å²) < 4.78 is 61.3. The zero-order valence-electron chi connectivity index (χ0n) is 23.7. The van der Waals surface area contributed by atoms with E-state index in [4.69, 9.17) is 4.74 Å². The fourth-order valence-corrected chi connectivity index (χ4v) is 6.85. The van der Waals surface area contributed by atoms with Crippen LogP contribution in [0, 0.1) is 5.41 Å². The van der Waals surface area contributed by atoms with Gasteiger partial charge in [-0.25, -0.2) is 22.2 Å². The number of hydrogen-bond donors (Lipinski definition) is 3. The van der Waals surface area contributed by atoms with E-state index < -0.39 is 33.7 Å². The monoisotopic (exact) mass is 605 g/mol. The first-order valence-electron chi connectivity index (χ1n) is 14.6. The van der Waals surface area contributed by atoms with Gasteiger partial charge in [-0.1, -0.05) is 0 Å². The van der Waals surface area contributed by atoms with Crippen molar-refractivity contribution in [1.82, 2.24) is 4.98 Å². The predicted molar refractivity (Wildman–Crippen MR) is 156 cm³/mol. The van der Waals surface area contributed by atoms with Gasteiger partial charge in [-0.15, -0.1) is 0 Å². The lowest BCUT2D eigenvalue weighted by Crippen LogP contribution is -2.40. The number of nitrogens with zero attached hydrogens (tertiary/aromatic N) is 3. The summed E-state index contributed by atoms with van der Waals surface area (Å²) in [6.07, 6.45) is 4.54.